The first kappa shape index (κ1) is 9.96. The van der Waals surface area contributed by atoms with Crippen LogP contribution in [0.15, 0.2) is 0 Å². The molecule has 1 fully saturated rings. The third-order valence-corrected chi connectivity index (χ3v) is 3.39. The van der Waals surface area contributed by atoms with Crippen LogP contribution >= 0.6 is 0 Å². The van der Waals surface area contributed by atoms with Gasteiger partial charge in [0.25, 0.3) is 0 Å². The molecule has 1 saturated heterocycles. The molecule has 1 aliphatic rings. The van der Waals surface area contributed by atoms with Crippen molar-refractivity contribution >= 4 is 0 Å². The lowest BCUT2D eigenvalue weighted by Gasteiger charge is -2.40. The minimum atomic E-state index is -0.317. The first-order valence-corrected chi connectivity index (χ1v) is 4.35. The van der Waals surface area contributed by atoms with E-state index in [4.69, 9.17) is 9.78 Å². The van der Waals surface area contributed by atoms with E-state index in [0.29, 0.717) is 12.5 Å². The van der Waals surface area contributed by atoms with Gasteiger partial charge in [0.05, 0.1) is 6.61 Å². The Balaban J connectivity index is 2.86. The summed E-state index contributed by atoms with van der Waals surface area (Å²) in [6.45, 7) is 11.1. The van der Waals surface area contributed by atoms with E-state index in [1.54, 1.807) is 0 Å². The van der Waals surface area contributed by atoms with Crippen LogP contribution in [-0.4, -0.2) is 12.2 Å². The summed E-state index contributed by atoms with van der Waals surface area (Å²) in [6.07, 6.45) is 0. The number of rotatable bonds is 0. The van der Waals surface area contributed by atoms with Crippen molar-refractivity contribution in [3.05, 3.63) is 0 Å². The Kier molecular flexibility index (Phi) is 2.47. The summed E-state index contributed by atoms with van der Waals surface area (Å²) >= 11 is 0. The predicted molar refractivity (Wildman–Crippen MR) is 45.1 cm³/mol. The van der Waals surface area contributed by atoms with E-state index in [2.05, 4.69) is 25.8 Å². The molecule has 0 radical (unpaired) electrons. The fourth-order valence-electron chi connectivity index (χ4n) is 1.15. The third-order valence-electron chi connectivity index (χ3n) is 3.39. The molecule has 0 aliphatic carbocycles. The first-order valence-electron chi connectivity index (χ1n) is 4.35. The predicted octanol–water partition coefficient (Wildman–Crippen LogP) is 2.32. The van der Waals surface area contributed by atoms with E-state index in [9.17, 15) is 0 Å². The van der Waals surface area contributed by atoms with Crippen molar-refractivity contribution < 1.29 is 14.8 Å². The standard InChI is InChI=1S/C9H18O3/c1-7-6-10-12-11-9(4,5)8(7,2)3/h7H,6H2,1-5H3. The van der Waals surface area contributed by atoms with E-state index in [1.165, 1.54) is 0 Å². The third kappa shape index (κ3) is 1.49. The highest BCUT2D eigenvalue weighted by Crippen LogP contribution is 2.42. The lowest BCUT2D eigenvalue weighted by Crippen LogP contribution is -2.44. The van der Waals surface area contributed by atoms with Crippen molar-refractivity contribution in [1.82, 2.24) is 0 Å². The van der Waals surface area contributed by atoms with Crippen molar-refractivity contribution in [2.45, 2.75) is 40.2 Å². The van der Waals surface area contributed by atoms with Gasteiger partial charge in [0.15, 0.2) is 0 Å². The van der Waals surface area contributed by atoms with Crippen LogP contribution in [0.2, 0.25) is 0 Å². The monoisotopic (exact) mass is 174 g/mol. The largest absolute Gasteiger partial charge is 0.206 e. The maximum absolute atomic E-state index is 5.15. The molecule has 12 heavy (non-hydrogen) atoms. The van der Waals surface area contributed by atoms with Crippen molar-refractivity contribution in [3.63, 3.8) is 0 Å². The Labute approximate surface area is 73.9 Å². The molecule has 72 valence electrons. The smallest absolute Gasteiger partial charge is 0.106 e. The van der Waals surface area contributed by atoms with Crippen molar-refractivity contribution in [2.75, 3.05) is 6.61 Å². The maximum atomic E-state index is 5.15. The number of hydrogen-bond donors (Lipinski definition) is 0. The molecule has 0 aromatic carbocycles. The highest BCUT2D eigenvalue weighted by atomic mass is 17.5. The van der Waals surface area contributed by atoms with Gasteiger partial charge in [-0.25, -0.2) is 4.89 Å². The molecule has 0 saturated carbocycles. The van der Waals surface area contributed by atoms with Gasteiger partial charge >= 0.3 is 0 Å². The topological polar surface area (TPSA) is 27.7 Å². The fourth-order valence-corrected chi connectivity index (χ4v) is 1.15. The summed E-state index contributed by atoms with van der Waals surface area (Å²) in [7, 11) is 0. The van der Waals surface area contributed by atoms with E-state index in [0.717, 1.165) is 0 Å². The highest BCUT2D eigenvalue weighted by molar-refractivity contribution is 4.90. The second kappa shape index (κ2) is 2.98. The normalized spacial score (nSPS) is 34.2. The van der Waals surface area contributed by atoms with Gasteiger partial charge in [-0.1, -0.05) is 25.8 Å². The first-order chi connectivity index (χ1) is 5.38. The maximum Gasteiger partial charge on any atom is 0.106 e. The quantitative estimate of drug-likeness (QED) is 0.527. The van der Waals surface area contributed by atoms with Crippen LogP contribution in [0.4, 0.5) is 0 Å². The average Bonchev–Trinajstić information content (AvgIpc) is 2.02. The zero-order valence-corrected chi connectivity index (χ0v) is 8.51. The molecule has 0 amide bonds. The van der Waals surface area contributed by atoms with Crippen molar-refractivity contribution in [2.24, 2.45) is 11.3 Å². The molecule has 3 heteroatoms. The van der Waals surface area contributed by atoms with Crippen LogP contribution in [0, 0.1) is 11.3 Å². The summed E-state index contributed by atoms with van der Waals surface area (Å²) in [6, 6.07) is 0. The van der Waals surface area contributed by atoms with Crippen LogP contribution < -0.4 is 0 Å². The van der Waals surface area contributed by atoms with E-state index in [-0.39, 0.29) is 11.0 Å². The van der Waals surface area contributed by atoms with E-state index < -0.39 is 0 Å². The Morgan fingerprint density at radius 3 is 2.33 bits per heavy atom. The van der Waals surface area contributed by atoms with Crippen molar-refractivity contribution in [1.29, 1.82) is 0 Å². The van der Waals surface area contributed by atoms with Crippen LogP contribution in [0.25, 0.3) is 0 Å². The Bertz CT molecular complexity index is 163. The summed E-state index contributed by atoms with van der Waals surface area (Å²) in [4.78, 5) is 10.0. The van der Waals surface area contributed by atoms with Gasteiger partial charge < -0.3 is 0 Å². The zero-order chi connectivity index (χ0) is 9.41. The molecular weight excluding hydrogens is 156 g/mol. The Hall–Kier alpha value is -0.120. The fraction of sp³-hybridized carbons (Fsp3) is 1.00. The molecule has 0 aromatic rings. The molecule has 0 aromatic heterocycles. The molecule has 0 bridgehead atoms. The minimum Gasteiger partial charge on any atom is -0.206 e. The van der Waals surface area contributed by atoms with E-state index >= 15 is 0 Å². The highest BCUT2D eigenvalue weighted by Gasteiger charge is 2.45. The Morgan fingerprint density at radius 1 is 1.17 bits per heavy atom. The molecule has 1 unspecified atom stereocenters. The molecule has 1 aliphatic heterocycles. The van der Waals surface area contributed by atoms with Gasteiger partial charge in [-0.05, 0) is 19.8 Å². The van der Waals surface area contributed by atoms with Gasteiger partial charge in [0.2, 0.25) is 0 Å². The van der Waals surface area contributed by atoms with Gasteiger partial charge in [-0.15, -0.1) is 0 Å². The average molecular weight is 174 g/mol. The summed E-state index contributed by atoms with van der Waals surface area (Å²) < 4.78 is 0. The van der Waals surface area contributed by atoms with Crippen molar-refractivity contribution in [3.8, 4) is 0 Å². The number of hydrogen-bond acceptors (Lipinski definition) is 3. The van der Waals surface area contributed by atoms with Crippen LogP contribution in [0.3, 0.4) is 0 Å². The lowest BCUT2D eigenvalue weighted by molar-refractivity contribution is -0.536. The second-order valence-electron chi connectivity index (χ2n) is 4.57. The molecule has 1 rings (SSSR count). The molecule has 0 N–H and O–H groups in total. The van der Waals surface area contributed by atoms with Gasteiger partial charge in [-0.3, -0.25) is 0 Å². The molecular formula is C9H18O3. The molecule has 0 spiro atoms. The lowest BCUT2D eigenvalue weighted by atomic mass is 9.69. The summed E-state index contributed by atoms with van der Waals surface area (Å²) in [5, 5.41) is 4.62. The summed E-state index contributed by atoms with van der Waals surface area (Å²) in [5.74, 6) is 0.412. The van der Waals surface area contributed by atoms with Gasteiger partial charge in [0.1, 0.15) is 5.60 Å². The second-order valence-corrected chi connectivity index (χ2v) is 4.57. The molecule has 3 nitrogen and oxygen atoms in total. The zero-order valence-electron chi connectivity index (χ0n) is 8.51. The van der Waals surface area contributed by atoms with Crippen LogP contribution in [0.5, 0.6) is 0 Å². The summed E-state index contributed by atoms with van der Waals surface area (Å²) in [5.41, 5.74) is -0.271. The van der Waals surface area contributed by atoms with Gasteiger partial charge in [0, 0.05) is 5.41 Å². The molecule has 1 heterocycles. The van der Waals surface area contributed by atoms with Crippen LogP contribution in [-0.2, 0) is 14.8 Å². The Morgan fingerprint density at radius 2 is 1.75 bits per heavy atom. The molecule has 1 atom stereocenters. The van der Waals surface area contributed by atoms with Gasteiger partial charge in [-0.2, -0.15) is 4.89 Å². The minimum absolute atomic E-state index is 0.0451. The van der Waals surface area contributed by atoms with E-state index in [1.807, 2.05) is 13.8 Å². The van der Waals surface area contributed by atoms with Crippen LogP contribution in [0.1, 0.15) is 34.6 Å². The SMILES string of the molecule is CC1COOOC(C)(C)C1(C)C.